The molecule has 124 valence electrons. The van der Waals surface area contributed by atoms with Crippen molar-refractivity contribution in [2.75, 3.05) is 39.3 Å². The number of nitrogens with one attached hydrogen (secondary N) is 1. The van der Waals surface area contributed by atoms with Gasteiger partial charge in [-0.2, -0.15) is 0 Å². The molecule has 0 radical (unpaired) electrons. The second-order valence-electron chi connectivity index (χ2n) is 5.82. The van der Waals surface area contributed by atoms with E-state index in [9.17, 15) is 9.59 Å². The Morgan fingerprint density at radius 3 is 2.57 bits per heavy atom. The Hall–Kier alpha value is -2.14. The molecule has 0 aromatic heterocycles. The summed E-state index contributed by atoms with van der Waals surface area (Å²) in [6, 6.07) is 8.03. The summed E-state index contributed by atoms with van der Waals surface area (Å²) in [5.74, 6) is 0.0518. The van der Waals surface area contributed by atoms with Gasteiger partial charge in [-0.3, -0.25) is 14.5 Å². The highest BCUT2D eigenvalue weighted by Crippen LogP contribution is 2.10. The first-order valence-electron chi connectivity index (χ1n) is 8.05. The Kier molecular flexibility index (Phi) is 6.35. The number of aryl methyl sites for hydroxylation is 1. The smallest absolute Gasteiger partial charge is 0.243 e. The van der Waals surface area contributed by atoms with Crippen LogP contribution in [-0.4, -0.2) is 60.9 Å². The van der Waals surface area contributed by atoms with Crippen molar-refractivity contribution in [1.29, 1.82) is 0 Å². The summed E-state index contributed by atoms with van der Waals surface area (Å²) in [6.07, 6.45) is 1.75. The quantitative estimate of drug-likeness (QED) is 0.796. The Balaban J connectivity index is 1.73. The Bertz CT molecular complexity index is 563. The topological polar surface area (TPSA) is 52.7 Å². The van der Waals surface area contributed by atoms with Crippen LogP contribution in [0.4, 0.5) is 0 Å². The van der Waals surface area contributed by atoms with Gasteiger partial charge in [0, 0.05) is 39.3 Å². The van der Waals surface area contributed by atoms with Crippen molar-refractivity contribution in [3.8, 4) is 0 Å². The molecule has 1 N–H and O–H groups in total. The second kappa shape index (κ2) is 8.48. The van der Waals surface area contributed by atoms with Crippen LogP contribution < -0.4 is 5.32 Å². The van der Waals surface area contributed by atoms with Crippen LogP contribution >= 0.6 is 0 Å². The van der Waals surface area contributed by atoms with Crippen LogP contribution in [0.25, 0.3) is 0 Å². The third kappa shape index (κ3) is 5.21. The highest BCUT2D eigenvalue weighted by Gasteiger charge is 2.21. The molecule has 1 aliphatic rings. The van der Waals surface area contributed by atoms with Crippen molar-refractivity contribution in [3.05, 3.63) is 48.0 Å². The number of rotatable bonds is 6. The van der Waals surface area contributed by atoms with Crippen molar-refractivity contribution in [2.24, 2.45) is 0 Å². The fourth-order valence-electron chi connectivity index (χ4n) is 2.71. The predicted octanol–water partition coefficient (Wildman–Crippen LogP) is 0.984. The van der Waals surface area contributed by atoms with E-state index in [4.69, 9.17) is 0 Å². The summed E-state index contributed by atoms with van der Waals surface area (Å²) in [5, 5.41) is 2.77. The Morgan fingerprint density at radius 1 is 1.22 bits per heavy atom. The van der Waals surface area contributed by atoms with Crippen molar-refractivity contribution >= 4 is 11.8 Å². The summed E-state index contributed by atoms with van der Waals surface area (Å²) in [6.45, 7) is 10.1. The van der Waals surface area contributed by atoms with E-state index >= 15 is 0 Å². The van der Waals surface area contributed by atoms with Gasteiger partial charge in [0.2, 0.25) is 11.8 Å². The van der Waals surface area contributed by atoms with Gasteiger partial charge in [-0.1, -0.05) is 30.8 Å². The molecule has 5 heteroatoms. The van der Waals surface area contributed by atoms with E-state index in [-0.39, 0.29) is 11.8 Å². The molecule has 2 amide bonds. The average Bonchev–Trinajstić information content (AvgIpc) is 2.57. The lowest BCUT2D eigenvalue weighted by atomic mass is 10.1. The van der Waals surface area contributed by atoms with Gasteiger partial charge in [-0.15, -0.1) is 0 Å². The molecule has 0 spiro atoms. The number of nitrogens with zero attached hydrogens (tertiary/aromatic N) is 2. The van der Waals surface area contributed by atoms with E-state index in [1.165, 1.54) is 6.08 Å². The van der Waals surface area contributed by atoms with Crippen LogP contribution in [0.15, 0.2) is 36.9 Å². The lowest BCUT2D eigenvalue weighted by Gasteiger charge is -2.34. The highest BCUT2D eigenvalue weighted by molar-refractivity contribution is 5.86. The van der Waals surface area contributed by atoms with Gasteiger partial charge < -0.3 is 10.2 Å². The molecule has 0 unspecified atom stereocenters. The van der Waals surface area contributed by atoms with Crippen LogP contribution in [0.3, 0.4) is 0 Å². The monoisotopic (exact) mass is 315 g/mol. The molecule has 1 heterocycles. The predicted molar refractivity (Wildman–Crippen MR) is 91.1 cm³/mol. The van der Waals surface area contributed by atoms with E-state index in [1.54, 1.807) is 0 Å². The Morgan fingerprint density at radius 2 is 1.91 bits per heavy atom. The van der Waals surface area contributed by atoms with Gasteiger partial charge in [0.15, 0.2) is 0 Å². The molecule has 23 heavy (non-hydrogen) atoms. The summed E-state index contributed by atoms with van der Waals surface area (Å²) in [7, 11) is 0. The Labute approximate surface area is 138 Å². The van der Waals surface area contributed by atoms with Crippen molar-refractivity contribution in [3.63, 3.8) is 0 Å². The number of hydrogen-bond acceptors (Lipinski definition) is 3. The SMILES string of the molecule is C=CC(=O)NCCN1CCN(C(=O)Cc2ccccc2C)CC1. The molecule has 1 fully saturated rings. The van der Waals surface area contributed by atoms with Gasteiger partial charge >= 0.3 is 0 Å². The molecule has 1 aliphatic heterocycles. The number of amides is 2. The number of carbonyl (C=O) groups is 2. The van der Waals surface area contributed by atoms with Crippen LogP contribution in [0, 0.1) is 6.92 Å². The maximum atomic E-state index is 12.4. The first kappa shape index (κ1) is 17.2. The largest absolute Gasteiger partial charge is 0.351 e. The molecular formula is C18H25N3O2. The number of hydrogen-bond donors (Lipinski definition) is 1. The molecule has 5 nitrogen and oxygen atoms in total. The first-order chi connectivity index (χ1) is 11.1. The first-order valence-corrected chi connectivity index (χ1v) is 8.05. The molecule has 1 aromatic carbocycles. The number of benzene rings is 1. The van der Waals surface area contributed by atoms with Gasteiger partial charge in [0.05, 0.1) is 6.42 Å². The lowest BCUT2D eigenvalue weighted by molar-refractivity contribution is -0.132. The number of piperazine rings is 1. The van der Waals surface area contributed by atoms with Crippen molar-refractivity contribution in [1.82, 2.24) is 15.1 Å². The third-order valence-electron chi connectivity index (χ3n) is 4.24. The molecule has 1 saturated heterocycles. The zero-order valence-corrected chi connectivity index (χ0v) is 13.8. The van der Waals surface area contributed by atoms with E-state index in [1.807, 2.05) is 36.1 Å². The minimum Gasteiger partial charge on any atom is -0.351 e. The third-order valence-corrected chi connectivity index (χ3v) is 4.24. The standard InChI is InChI=1S/C18H25N3O2/c1-3-17(22)19-8-9-20-10-12-21(13-11-20)18(23)14-16-7-5-4-6-15(16)2/h3-7H,1,8-14H2,2H3,(H,19,22). The zero-order chi connectivity index (χ0) is 16.7. The molecule has 2 rings (SSSR count). The summed E-state index contributed by atoms with van der Waals surface area (Å²) < 4.78 is 0. The summed E-state index contributed by atoms with van der Waals surface area (Å²) in [5.41, 5.74) is 2.27. The van der Waals surface area contributed by atoms with Crippen molar-refractivity contribution in [2.45, 2.75) is 13.3 Å². The molecule has 0 saturated carbocycles. The van der Waals surface area contributed by atoms with Crippen LogP contribution in [0.2, 0.25) is 0 Å². The van der Waals surface area contributed by atoms with Gasteiger partial charge in [0.25, 0.3) is 0 Å². The van der Waals surface area contributed by atoms with Gasteiger partial charge in [0.1, 0.15) is 0 Å². The van der Waals surface area contributed by atoms with Gasteiger partial charge in [-0.05, 0) is 24.1 Å². The molecule has 0 bridgehead atoms. The normalized spacial score (nSPS) is 15.3. The number of carbonyl (C=O) groups excluding carboxylic acids is 2. The molecule has 0 atom stereocenters. The highest BCUT2D eigenvalue weighted by atomic mass is 16.2. The summed E-state index contributed by atoms with van der Waals surface area (Å²) >= 11 is 0. The zero-order valence-electron chi connectivity index (χ0n) is 13.8. The van der Waals surface area contributed by atoms with E-state index in [0.717, 1.165) is 43.9 Å². The maximum Gasteiger partial charge on any atom is 0.243 e. The maximum absolute atomic E-state index is 12.4. The van der Waals surface area contributed by atoms with Crippen LogP contribution in [0.5, 0.6) is 0 Å². The van der Waals surface area contributed by atoms with E-state index in [0.29, 0.717) is 13.0 Å². The minimum absolute atomic E-state index is 0.142. The fraction of sp³-hybridized carbons (Fsp3) is 0.444. The van der Waals surface area contributed by atoms with Crippen molar-refractivity contribution < 1.29 is 9.59 Å². The molecular weight excluding hydrogens is 290 g/mol. The fourth-order valence-corrected chi connectivity index (χ4v) is 2.71. The van der Waals surface area contributed by atoms with Crippen LogP contribution in [-0.2, 0) is 16.0 Å². The second-order valence-corrected chi connectivity index (χ2v) is 5.82. The van der Waals surface area contributed by atoms with Gasteiger partial charge in [-0.25, -0.2) is 0 Å². The van der Waals surface area contributed by atoms with Crippen LogP contribution in [0.1, 0.15) is 11.1 Å². The molecule has 0 aliphatic carbocycles. The lowest BCUT2D eigenvalue weighted by Crippen LogP contribution is -2.50. The van der Waals surface area contributed by atoms with E-state index in [2.05, 4.69) is 16.8 Å². The average molecular weight is 315 g/mol. The van der Waals surface area contributed by atoms with E-state index < -0.39 is 0 Å². The summed E-state index contributed by atoms with van der Waals surface area (Å²) in [4.78, 5) is 27.7. The minimum atomic E-state index is -0.142. The molecule has 1 aromatic rings.